The van der Waals surface area contributed by atoms with Gasteiger partial charge < -0.3 is 14.5 Å². The minimum atomic E-state index is -0.0919. The average Bonchev–Trinajstić information content (AvgIpc) is 2.83. The van der Waals surface area contributed by atoms with Crippen molar-refractivity contribution in [3.05, 3.63) is 103 Å². The summed E-state index contributed by atoms with van der Waals surface area (Å²) in [6.07, 6.45) is 4.24. The molecule has 3 rings (SSSR count). The summed E-state index contributed by atoms with van der Waals surface area (Å²) in [7, 11) is 0. The molecule has 2 radical (unpaired) electrons. The van der Waals surface area contributed by atoms with E-state index in [1.165, 1.54) is 0 Å². The SMILES string of the molecule is CCN(CC)c1ccc(C(C[C-]=O)C[C-]=O)cc1.[Y].[Y].[c-]1ccccc1.[c-]1ccccc1. The number of nitrogens with zero attached hydrogens (tertiary/aromatic N) is 1. The van der Waals surface area contributed by atoms with Crippen LogP contribution < -0.4 is 4.90 Å². The van der Waals surface area contributed by atoms with Crippen LogP contribution in [0.4, 0.5) is 5.69 Å². The first kappa shape index (κ1) is 33.2. The van der Waals surface area contributed by atoms with E-state index >= 15 is 0 Å². The van der Waals surface area contributed by atoms with E-state index in [1.54, 1.807) is 0 Å². The maximum atomic E-state index is 10.5. The zero-order valence-electron chi connectivity index (χ0n) is 18.9. The van der Waals surface area contributed by atoms with E-state index in [2.05, 4.69) is 30.9 Å². The summed E-state index contributed by atoms with van der Waals surface area (Å²) in [6, 6.07) is 33.0. The van der Waals surface area contributed by atoms with Crippen LogP contribution in [0.25, 0.3) is 0 Å². The second-order valence-corrected chi connectivity index (χ2v) is 6.31. The molecule has 0 amide bonds. The van der Waals surface area contributed by atoms with E-state index in [1.807, 2.05) is 97.5 Å². The van der Waals surface area contributed by atoms with Crippen molar-refractivity contribution < 1.29 is 75.0 Å². The van der Waals surface area contributed by atoms with Gasteiger partial charge in [0.2, 0.25) is 0 Å². The van der Waals surface area contributed by atoms with Gasteiger partial charge >= 0.3 is 0 Å². The van der Waals surface area contributed by atoms with Crippen molar-refractivity contribution in [2.24, 2.45) is 0 Å². The fourth-order valence-electron chi connectivity index (χ4n) is 2.74. The second kappa shape index (κ2) is 23.2. The molecule has 0 saturated carbocycles. The molecule has 0 aliphatic heterocycles. The maximum absolute atomic E-state index is 10.5. The zero-order chi connectivity index (χ0) is 21.9. The molecule has 32 heavy (non-hydrogen) atoms. The Hall–Kier alpha value is -0.992. The Balaban J connectivity index is 0. The van der Waals surface area contributed by atoms with Crippen LogP contribution in [0.2, 0.25) is 0 Å². The third-order valence-electron chi connectivity index (χ3n) is 4.37. The van der Waals surface area contributed by atoms with Gasteiger partial charge in [0, 0.05) is 84.2 Å². The zero-order valence-corrected chi connectivity index (χ0v) is 24.6. The molecule has 0 aliphatic rings. The van der Waals surface area contributed by atoms with Gasteiger partial charge in [0.05, 0.1) is 0 Å². The van der Waals surface area contributed by atoms with Gasteiger partial charge in [-0.15, -0.1) is 12.8 Å². The van der Waals surface area contributed by atoms with Crippen LogP contribution >= 0.6 is 0 Å². The van der Waals surface area contributed by atoms with Crippen LogP contribution in [0.5, 0.6) is 0 Å². The van der Waals surface area contributed by atoms with Crippen molar-refractivity contribution in [2.75, 3.05) is 18.0 Å². The minimum Gasteiger partial charge on any atom is -0.542 e. The van der Waals surface area contributed by atoms with Crippen LogP contribution in [0.1, 0.15) is 38.2 Å². The van der Waals surface area contributed by atoms with Gasteiger partial charge in [-0.05, 0) is 31.5 Å². The third-order valence-corrected chi connectivity index (χ3v) is 4.37. The van der Waals surface area contributed by atoms with Crippen LogP contribution in [-0.2, 0) is 75.0 Å². The van der Waals surface area contributed by atoms with Crippen molar-refractivity contribution in [3.63, 3.8) is 0 Å². The normalized spacial score (nSPS) is 8.84. The van der Waals surface area contributed by atoms with Crippen molar-refractivity contribution in [3.8, 4) is 0 Å². The van der Waals surface area contributed by atoms with Crippen molar-refractivity contribution >= 4 is 18.3 Å². The topological polar surface area (TPSA) is 37.4 Å². The van der Waals surface area contributed by atoms with E-state index < -0.39 is 0 Å². The molecule has 0 fully saturated rings. The minimum absolute atomic E-state index is 0. The summed E-state index contributed by atoms with van der Waals surface area (Å²) >= 11 is 0. The Kier molecular flexibility index (Phi) is 24.0. The standard InChI is InChI=1S/C15H19NO2.2C6H5.2Y/c1-3-16(4-2)15-7-5-13(6-8-15)14(9-11-17)10-12-18;2*1-2-4-6-5-3-1;;/h5-8,14H,3-4,9-10H2,1-2H3;2*1-5H;;/q-2;2*-1;;. The smallest absolute Gasteiger partial charge is 0.0366 e. The van der Waals surface area contributed by atoms with Crippen LogP contribution in [0, 0.1) is 12.1 Å². The summed E-state index contributed by atoms with van der Waals surface area (Å²) < 4.78 is 0. The van der Waals surface area contributed by atoms with Crippen LogP contribution in [-0.4, -0.2) is 25.7 Å². The predicted octanol–water partition coefficient (Wildman–Crippen LogP) is 5.58. The fourth-order valence-corrected chi connectivity index (χ4v) is 2.74. The van der Waals surface area contributed by atoms with Gasteiger partial charge in [-0.25, -0.2) is 0 Å². The summed E-state index contributed by atoms with van der Waals surface area (Å²) in [6.45, 7) is 6.15. The molecule has 3 aromatic rings. The Bertz CT molecular complexity index is 685. The largest absolute Gasteiger partial charge is 0.542 e. The Morgan fingerprint density at radius 3 is 1.38 bits per heavy atom. The van der Waals surface area contributed by atoms with Gasteiger partial charge in [-0.2, -0.15) is 72.8 Å². The van der Waals surface area contributed by atoms with Gasteiger partial charge in [0.25, 0.3) is 0 Å². The first-order chi connectivity index (χ1) is 14.8. The number of hydrogen-bond acceptors (Lipinski definition) is 3. The molecule has 3 nitrogen and oxygen atoms in total. The quantitative estimate of drug-likeness (QED) is 0.328. The molecule has 0 unspecified atom stereocenters. The molecule has 0 saturated heterocycles. The Morgan fingerprint density at radius 2 is 1.12 bits per heavy atom. The van der Waals surface area contributed by atoms with Crippen molar-refractivity contribution in [2.45, 2.75) is 32.6 Å². The summed E-state index contributed by atoms with van der Waals surface area (Å²) in [5.41, 5.74) is 2.16. The predicted molar refractivity (Wildman–Crippen MR) is 124 cm³/mol. The van der Waals surface area contributed by atoms with Crippen LogP contribution in [0.15, 0.2) is 84.9 Å². The molecule has 0 spiro atoms. The van der Waals surface area contributed by atoms with Gasteiger partial charge in [-0.1, -0.05) is 18.1 Å². The Labute approximate surface area is 244 Å². The van der Waals surface area contributed by atoms with E-state index in [0.29, 0.717) is 0 Å². The average molecular weight is 577 g/mol. The fraction of sp³-hybridized carbons (Fsp3) is 0.259. The van der Waals surface area contributed by atoms with Crippen molar-refractivity contribution in [1.29, 1.82) is 0 Å². The molecule has 0 aliphatic carbocycles. The van der Waals surface area contributed by atoms with E-state index in [0.717, 1.165) is 24.3 Å². The summed E-state index contributed by atoms with van der Waals surface area (Å²) in [5, 5.41) is 0. The molecule has 0 atom stereocenters. The number of hydrogen-bond donors (Lipinski definition) is 0. The number of anilines is 1. The Morgan fingerprint density at radius 1 is 0.719 bits per heavy atom. The molecule has 0 heterocycles. The van der Waals surface area contributed by atoms with Gasteiger partial charge in [0.15, 0.2) is 0 Å². The first-order valence-electron chi connectivity index (χ1n) is 10.1. The molecular formula is C27H29NO2Y2-4. The number of benzene rings is 3. The van der Waals surface area contributed by atoms with E-state index in [4.69, 9.17) is 0 Å². The second-order valence-electron chi connectivity index (χ2n) is 6.31. The molecule has 0 bridgehead atoms. The molecule has 164 valence electrons. The molecule has 0 aromatic heterocycles. The molecular weight excluding hydrogens is 548 g/mol. The monoisotopic (exact) mass is 577 g/mol. The van der Waals surface area contributed by atoms with Crippen LogP contribution in [0.3, 0.4) is 0 Å². The summed E-state index contributed by atoms with van der Waals surface area (Å²) in [4.78, 5) is 23.2. The first-order valence-corrected chi connectivity index (χ1v) is 10.1. The van der Waals surface area contributed by atoms with E-state index in [-0.39, 0.29) is 84.2 Å². The molecule has 5 heteroatoms. The number of rotatable bonds is 8. The van der Waals surface area contributed by atoms with E-state index in [9.17, 15) is 9.59 Å². The van der Waals surface area contributed by atoms with Crippen molar-refractivity contribution in [1.82, 2.24) is 0 Å². The number of carbonyl (C=O) groups excluding carboxylic acids is 2. The maximum Gasteiger partial charge on any atom is 0.0366 e. The molecule has 3 aromatic carbocycles. The third kappa shape index (κ3) is 15.0. The van der Waals surface area contributed by atoms with Gasteiger partial charge in [0.1, 0.15) is 0 Å². The molecule has 0 N–H and O–H groups in total. The summed E-state index contributed by atoms with van der Waals surface area (Å²) in [5.74, 6) is -0.0919. The van der Waals surface area contributed by atoms with Gasteiger partial charge in [-0.3, -0.25) is 12.6 Å².